The number of nitrogens with zero attached hydrogens (tertiary/aromatic N) is 2. The summed E-state index contributed by atoms with van der Waals surface area (Å²) in [6.07, 6.45) is 0.990. The van der Waals surface area contributed by atoms with Gasteiger partial charge in [-0.2, -0.15) is 0 Å². The van der Waals surface area contributed by atoms with E-state index in [0.717, 1.165) is 66.6 Å². The maximum atomic E-state index is 12.7. The topological polar surface area (TPSA) is 32.8 Å². The normalized spacial score (nSPS) is 14.9. The van der Waals surface area contributed by atoms with Crippen molar-refractivity contribution in [3.8, 4) is 5.75 Å². The summed E-state index contributed by atoms with van der Waals surface area (Å²) in [6, 6.07) is 11.9. The summed E-state index contributed by atoms with van der Waals surface area (Å²) >= 11 is 6.21. The smallest absolute Gasteiger partial charge is 0.253 e. The Morgan fingerprint density at radius 2 is 1.64 bits per heavy atom. The molecule has 0 aliphatic carbocycles. The molecule has 1 aliphatic rings. The molecule has 1 saturated heterocycles. The molecule has 0 saturated carbocycles. The summed E-state index contributed by atoms with van der Waals surface area (Å²) in [5, 5.41) is 0.803. The average molecular weight is 401 g/mol. The fourth-order valence-corrected chi connectivity index (χ4v) is 3.63. The van der Waals surface area contributed by atoms with Crippen molar-refractivity contribution in [1.82, 2.24) is 9.80 Å². The van der Waals surface area contributed by atoms with Gasteiger partial charge in [0.2, 0.25) is 0 Å². The van der Waals surface area contributed by atoms with Crippen LogP contribution in [0.3, 0.4) is 0 Å². The molecule has 1 amide bonds. The summed E-state index contributed by atoms with van der Waals surface area (Å²) in [5.74, 6) is 0.995. The lowest BCUT2D eigenvalue weighted by Crippen LogP contribution is -2.49. The van der Waals surface area contributed by atoms with E-state index in [1.54, 1.807) is 0 Å². The number of hydrogen-bond donors (Lipinski definition) is 0. The number of amides is 1. The first-order chi connectivity index (χ1) is 13.5. The molecule has 0 unspecified atom stereocenters. The van der Waals surface area contributed by atoms with E-state index in [1.165, 1.54) is 5.56 Å². The molecule has 2 aromatic carbocycles. The van der Waals surface area contributed by atoms with Gasteiger partial charge < -0.3 is 9.64 Å². The van der Waals surface area contributed by atoms with Crippen molar-refractivity contribution >= 4 is 17.5 Å². The van der Waals surface area contributed by atoms with Gasteiger partial charge in [0.05, 0.1) is 0 Å². The second kappa shape index (κ2) is 9.44. The Kier molecular flexibility index (Phi) is 6.97. The molecule has 4 nitrogen and oxygen atoms in total. The molecule has 2 aromatic rings. The van der Waals surface area contributed by atoms with Crippen molar-refractivity contribution in [2.45, 2.75) is 27.2 Å². The summed E-state index contributed by atoms with van der Waals surface area (Å²) in [7, 11) is 0. The molecular weight excluding hydrogens is 372 g/mol. The molecule has 1 heterocycles. The molecule has 5 heteroatoms. The van der Waals surface area contributed by atoms with Gasteiger partial charge in [0, 0.05) is 43.3 Å². The van der Waals surface area contributed by atoms with E-state index >= 15 is 0 Å². The predicted molar refractivity (Wildman–Crippen MR) is 115 cm³/mol. The zero-order valence-electron chi connectivity index (χ0n) is 17.0. The van der Waals surface area contributed by atoms with Gasteiger partial charge in [-0.15, -0.1) is 0 Å². The van der Waals surface area contributed by atoms with Gasteiger partial charge >= 0.3 is 0 Å². The van der Waals surface area contributed by atoms with Crippen molar-refractivity contribution in [3.63, 3.8) is 0 Å². The Bertz CT molecular complexity index is 789. The van der Waals surface area contributed by atoms with Crippen molar-refractivity contribution < 1.29 is 9.53 Å². The zero-order valence-corrected chi connectivity index (χ0v) is 17.8. The van der Waals surface area contributed by atoms with E-state index < -0.39 is 0 Å². The molecule has 0 spiro atoms. The standard InChI is InChI=1S/C23H29ClN2O2/c1-4-19-5-7-20(8-6-19)23(27)26-11-9-25(10-12-26)13-14-28-21-15-17(2)22(24)18(3)16-21/h5-8,15-16H,4,9-14H2,1-3H3. The fourth-order valence-electron chi connectivity index (χ4n) is 3.52. The van der Waals surface area contributed by atoms with Crippen molar-refractivity contribution in [2.24, 2.45) is 0 Å². The number of piperazine rings is 1. The van der Waals surface area contributed by atoms with Crippen LogP contribution in [0.2, 0.25) is 5.02 Å². The van der Waals surface area contributed by atoms with Crippen molar-refractivity contribution in [1.29, 1.82) is 0 Å². The third kappa shape index (κ3) is 5.06. The number of carbonyl (C=O) groups excluding carboxylic acids is 1. The van der Waals surface area contributed by atoms with Crippen LogP contribution >= 0.6 is 11.6 Å². The summed E-state index contributed by atoms with van der Waals surface area (Å²) in [4.78, 5) is 17.0. The van der Waals surface area contributed by atoms with Crippen LogP contribution in [0.5, 0.6) is 5.75 Å². The van der Waals surface area contributed by atoms with Crippen LogP contribution in [0.25, 0.3) is 0 Å². The second-order valence-electron chi connectivity index (χ2n) is 7.40. The van der Waals surface area contributed by atoms with E-state index in [9.17, 15) is 4.79 Å². The van der Waals surface area contributed by atoms with Gasteiger partial charge in [0.15, 0.2) is 0 Å². The number of halogens is 1. The second-order valence-corrected chi connectivity index (χ2v) is 7.78. The number of rotatable bonds is 6. The Morgan fingerprint density at radius 1 is 1.04 bits per heavy atom. The van der Waals surface area contributed by atoms with E-state index in [-0.39, 0.29) is 5.91 Å². The monoisotopic (exact) mass is 400 g/mol. The lowest BCUT2D eigenvalue weighted by atomic mass is 10.1. The molecule has 0 aromatic heterocycles. The molecule has 28 heavy (non-hydrogen) atoms. The third-order valence-corrected chi connectivity index (χ3v) is 5.95. The molecule has 0 atom stereocenters. The summed E-state index contributed by atoms with van der Waals surface area (Å²) < 4.78 is 5.91. The number of aryl methyl sites for hydroxylation is 3. The van der Waals surface area contributed by atoms with Gasteiger partial charge in [-0.05, 0) is 61.2 Å². The van der Waals surface area contributed by atoms with Gasteiger partial charge in [-0.1, -0.05) is 30.7 Å². The highest BCUT2D eigenvalue weighted by Gasteiger charge is 2.22. The van der Waals surface area contributed by atoms with E-state index in [0.29, 0.717) is 6.61 Å². The van der Waals surface area contributed by atoms with Crippen molar-refractivity contribution in [2.75, 3.05) is 39.3 Å². The largest absolute Gasteiger partial charge is 0.492 e. The van der Waals surface area contributed by atoms with Crippen LogP contribution in [-0.2, 0) is 6.42 Å². The van der Waals surface area contributed by atoms with Crippen LogP contribution < -0.4 is 4.74 Å². The molecule has 1 fully saturated rings. The molecular formula is C23H29ClN2O2. The van der Waals surface area contributed by atoms with Crippen LogP contribution in [0.1, 0.15) is 34.0 Å². The first-order valence-electron chi connectivity index (χ1n) is 9.98. The number of benzene rings is 2. The van der Waals surface area contributed by atoms with Gasteiger partial charge in [0.25, 0.3) is 5.91 Å². The van der Waals surface area contributed by atoms with Crippen molar-refractivity contribution in [3.05, 3.63) is 63.7 Å². The Hall–Kier alpha value is -2.04. The first kappa shape index (κ1) is 20.7. The lowest BCUT2D eigenvalue weighted by molar-refractivity contribution is 0.0620. The zero-order chi connectivity index (χ0) is 20.1. The summed E-state index contributed by atoms with van der Waals surface area (Å²) in [6.45, 7) is 10.9. The lowest BCUT2D eigenvalue weighted by Gasteiger charge is -2.34. The SMILES string of the molecule is CCc1ccc(C(=O)N2CCN(CCOc3cc(C)c(Cl)c(C)c3)CC2)cc1. The Labute approximate surface area is 173 Å². The highest BCUT2D eigenvalue weighted by molar-refractivity contribution is 6.32. The minimum absolute atomic E-state index is 0.130. The molecule has 150 valence electrons. The Balaban J connectivity index is 1.44. The van der Waals surface area contributed by atoms with E-state index in [2.05, 4.69) is 11.8 Å². The number of hydrogen-bond acceptors (Lipinski definition) is 3. The van der Waals surface area contributed by atoms with Crippen LogP contribution in [-0.4, -0.2) is 55.0 Å². The Morgan fingerprint density at radius 3 is 2.21 bits per heavy atom. The molecule has 1 aliphatic heterocycles. The van der Waals surface area contributed by atoms with Crippen LogP contribution in [0, 0.1) is 13.8 Å². The number of ether oxygens (including phenoxy) is 1. The maximum Gasteiger partial charge on any atom is 0.253 e. The molecule has 0 radical (unpaired) electrons. The molecule has 3 rings (SSSR count). The molecule has 0 N–H and O–H groups in total. The van der Waals surface area contributed by atoms with E-state index in [1.807, 2.05) is 55.1 Å². The minimum Gasteiger partial charge on any atom is -0.492 e. The number of carbonyl (C=O) groups is 1. The van der Waals surface area contributed by atoms with Gasteiger partial charge in [-0.25, -0.2) is 0 Å². The molecule has 0 bridgehead atoms. The first-order valence-corrected chi connectivity index (χ1v) is 10.4. The predicted octanol–water partition coefficient (Wildman–Crippen LogP) is 4.36. The van der Waals surface area contributed by atoms with Gasteiger partial charge in [0.1, 0.15) is 12.4 Å². The highest BCUT2D eigenvalue weighted by atomic mass is 35.5. The fraction of sp³-hybridized carbons (Fsp3) is 0.435. The highest BCUT2D eigenvalue weighted by Crippen LogP contribution is 2.25. The minimum atomic E-state index is 0.130. The maximum absolute atomic E-state index is 12.7. The third-order valence-electron chi connectivity index (χ3n) is 5.35. The quantitative estimate of drug-likeness (QED) is 0.722. The van der Waals surface area contributed by atoms with Crippen LogP contribution in [0.4, 0.5) is 0 Å². The average Bonchev–Trinajstić information content (AvgIpc) is 2.72. The summed E-state index contributed by atoms with van der Waals surface area (Å²) in [5.41, 5.74) is 4.11. The van der Waals surface area contributed by atoms with E-state index in [4.69, 9.17) is 16.3 Å². The van der Waals surface area contributed by atoms with Gasteiger partial charge in [-0.3, -0.25) is 9.69 Å². The van der Waals surface area contributed by atoms with Crippen LogP contribution in [0.15, 0.2) is 36.4 Å².